The molecule has 1 aromatic carbocycles. The van der Waals surface area contributed by atoms with Gasteiger partial charge in [0, 0.05) is 5.92 Å². The smallest absolute Gasteiger partial charge is 0.338 e. The van der Waals surface area contributed by atoms with Gasteiger partial charge in [-0.1, -0.05) is 32.9 Å². The monoisotopic (exact) mass is 266 g/mol. The maximum Gasteiger partial charge on any atom is 0.338 e. The Bertz CT molecular complexity index is 442. The molecule has 0 aliphatic heterocycles. The highest BCUT2D eigenvalue weighted by Gasteiger charge is 2.46. The van der Waals surface area contributed by atoms with E-state index in [9.17, 15) is 9.90 Å². The molecule has 19 heavy (non-hydrogen) atoms. The van der Waals surface area contributed by atoms with Crippen molar-refractivity contribution >= 4 is 5.97 Å². The van der Waals surface area contributed by atoms with Gasteiger partial charge in [-0.05, 0) is 23.6 Å². The minimum atomic E-state index is -1.55. The molecule has 0 amide bonds. The number of hydrogen-bond donors (Lipinski definition) is 1. The standard InChI is InChI=1S/C15H22O4/c1-10(2)15(17,14(16)19-5)11(3)12-7-6-8-13(9-12)18-4/h6-11,17H,1-5H3. The second-order valence-corrected chi connectivity index (χ2v) is 4.97. The quantitative estimate of drug-likeness (QED) is 0.831. The molecule has 0 aromatic heterocycles. The summed E-state index contributed by atoms with van der Waals surface area (Å²) in [5.74, 6) is -0.575. The number of esters is 1. The van der Waals surface area contributed by atoms with E-state index in [1.165, 1.54) is 7.11 Å². The minimum absolute atomic E-state index is 0.263. The molecule has 0 aliphatic rings. The van der Waals surface area contributed by atoms with Crippen LogP contribution in [-0.4, -0.2) is 30.9 Å². The van der Waals surface area contributed by atoms with Crippen LogP contribution in [0.4, 0.5) is 0 Å². The first-order valence-corrected chi connectivity index (χ1v) is 6.32. The third-order valence-electron chi connectivity index (χ3n) is 3.65. The molecular weight excluding hydrogens is 244 g/mol. The van der Waals surface area contributed by atoms with Crippen LogP contribution in [-0.2, 0) is 9.53 Å². The van der Waals surface area contributed by atoms with Gasteiger partial charge in [0.05, 0.1) is 14.2 Å². The molecule has 0 fully saturated rings. The zero-order valence-electron chi connectivity index (χ0n) is 12.1. The fourth-order valence-electron chi connectivity index (χ4n) is 2.24. The molecule has 2 atom stereocenters. The lowest BCUT2D eigenvalue weighted by molar-refractivity contribution is -0.170. The first-order chi connectivity index (χ1) is 8.87. The molecule has 4 heteroatoms. The van der Waals surface area contributed by atoms with Crippen molar-refractivity contribution in [2.24, 2.45) is 5.92 Å². The van der Waals surface area contributed by atoms with Crippen LogP contribution >= 0.6 is 0 Å². The average molecular weight is 266 g/mol. The lowest BCUT2D eigenvalue weighted by atomic mass is 9.76. The van der Waals surface area contributed by atoms with E-state index in [1.54, 1.807) is 21.0 Å². The van der Waals surface area contributed by atoms with Gasteiger partial charge in [-0.25, -0.2) is 4.79 Å². The zero-order chi connectivity index (χ0) is 14.6. The molecule has 1 aromatic rings. The van der Waals surface area contributed by atoms with Gasteiger partial charge in [0.2, 0.25) is 0 Å². The van der Waals surface area contributed by atoms with E-state index >= 15 is 0 Å². The molecule has 0 saturated carbocycles. The van der Waals surface area contributed by atoms with Crippen LogP contribution in [0.2, 0.25) is 0 Å². The average Bonchev–Trinajstić information content (AvgIpc) is 2.44. The minimum Gasteiger partial charge on any atom is -0.497 e. The summed E-state index contributed by atoms with van der Waals surface area (Å²) in [5, 5.41) is 10.7. The summed E-state index contributed by atoms with van der Waals surface area (Å²) in [4.78, 5) is 11.9. The Hall–Kier alpha value is -1.55. The van der Waals surface area contributed by atoms with Crippen molar-refractivity contribution in [3.63, 3.8) is 0 Å². The van der Waals surface area contributed by atoms with Crippen molar-refractivity contribution in [3.05, 3.63) is 29.8 Å². The molecule has 0 saturated heterocycles. The van der Waals surface area contributed by atoms with Crippen LogP contribution in [0.25, 0.3) is 0 Å². The molecule has 0 radical (unpaired) electrons. The summed E-state index contributed by atoms with van der Waals surface area (Å²) >= 11 is 0. The molecule has 1 rings (SSSR count). The molecule has 0 bridgehead atoms. The van der Waals surface area contributed by atoms with E-state index in [0.29, 0.717) is 5.75 Å². The van der Waals surface area contributed by atoms with Crippen molar-refractivity contribution in [2.75, 3.05) is 14.2 Å². The molecular formula is C15H22O4. The Morgan fingerprint density at radius 2 is 1.89 bits per heavy atom. The highest BCUT2D eigenvalue weighted by atomic mass is 16.5. The number of methoxy groups -OCH3 is 2. The van der Waals surface area contributed by atoms with Crippen LogP contribution < -0.4 is 4.74 Å². The van der Waals surface area contributed by atoms with E-state index in [4.69, 9.17) is 9.47 Å². The molecule has 0 spiro atoms. The van der Waals surface area contributed by atoms with Gasteiger partial charge >= 0.3 is 5.97 Å². The van der Waals surface area contributed by atoms with Crippen LogP contribution in [0, 0.1) is 5.92 Å². The molecule has 4 nitrogen and oxygen atoms in total. The predicted octanol–water partition coefficient (Wildman–Crippen LogP) is 2.36. The van der Waals surface area contributed by atoms with E-state index in [0.717, 1.165) is 5.56 Å². The summed E-state index contributed by atoms with van der Waals surface area (Å²) in [6, 6.07) is 7.34. The van der Waals surface area contributed by atoms with Crippen molar-refractivity contribution in [3.8, 4) is 5.75 Å². The maximum absolute atomic E-state index is 11.9. The number of benzene rings is 1. The molecule has 0 heterocycles. The highest BCUT2D eigenvalue weighted by Crippen LogP contribution is 2.36. The van der Waals surface area contributed by atoms with Crippen LogP contribution in [0.15, 0.2) is 24.3 Å². The summed E-state index contributed by atoms with van der Waals surface area (Å²) in [5.41, 5.74) is -0.720. The van der Waals surface area contributed by atoms with Gasteiger partial charge in [0.1, 0.15) is 5.75 Å². The Balaban J connectivity index is 3.19. The molecule has 106 valence electrons. The van der Waals surface area contributed by atoms with Gasteiger partial charge in [0.15, 0.2) is 5.60 Å². The normalized spacial score (nSPS) is 15.7. The third kappa shape index (κ3) is 2.89. The molecule has 2 unspecified atom stereocenters. The number of carbonyl (C=O) groups excluding carboxylic acids is 1. The van der Waals surface area contributed by atoms with Gasteiger partial charge in [-0.2, -0.15) is 0 Å². The lowest BCUT2D eigenvalue weighted by Crippen LogP contribution is -2.49. The second kappa shape index (κ2) is 6.06. The number of rotatable bonds is 5. The predicted molar refractivity (Wildman–Crippen MR) is 73.2 cm³/mol. The number of ether oxygens (including phenoxy) is 2. The molecule has 1 N–H and O–H groups in total. The lowest BCUT2D eigenvalue weighted by Gasteiger charge is -2.35. The fourth-order valence-corrected chi connectivity index (χ4v) is 2.24. The Morgan fingerprint density at radius 1 is 1.26 bits per heavy atom. The van der Waals surface area contributed by atoms with E-state index in [2.05, 4.69) is 0 Å². The Kier molecular flexibility index (Phi) is 4.95. The number of carbonyl (C=O) groups is 1. The SMILES string of the molecule is COC(=O)C(O)(C(C)C)C(C)c1cccc(OC)c1. The van der Waals surface area contributed by atoms with E-state index < -0.39 is 17.5 Å². The number of hydrogen-bond acceptors (Lipinski definition) is 4. The highest BCUT2D eigenvalue weighted by molar-refractivity contribution is 5.81. The topological polar surface area (TPSA) is 55.8 Å². The van der Waals surface area contributed by atoms with Crippen LogP contribution in [0.3, 0.4) is 0 Å². The van der Waals surface area contributed by atoms with Crippen LogP contribution in [0.5, 0.6) is 5.75 Å². The van der Waals surface area contributed by atoms with Gasteiger partial charge < -0.3 is 14.6 Å². The first-order valence-electron chi connectivity index (χ1n) is 6.32. The zero-order valence-corrected chi connectivity index (χ0v) is 12.1. The van der Waals surface area contributed by atoms with Gasteiger partial charge in [-0.3, -0.25) is 0 Å². The third-order valence-corrected chi connectivity index (χ3v) is 3.65. The van der Waals surface area contributed by atoms with E-state index in [1.807, 2.05) is 31.2 Å². The summed E-state index contributed by atoms with van der Waals surface area (Å²) in [6.45, 7) is 5.41. The van der Waals surface area contributed by atoms with E-state index in [-0.39, 0.29) is 5.92 Å². The van der Waals surface area contributed by atoms with Crippen molar-refractivity contribution in [2.45, 2.75) is 32.3 Å². The van der Waals surface area contributed by atoms with Gasteiger partial charge in [-0.15, -0.1) is 0 Å². The van der Waals surface area contributed by atoms with Crippen molar-refractivity contribution < 1.29 is 19.4 Å². The summed E-state index contributed by atoms with van der Waals surface area (Å²) < 4.78 is 9.92. The Labute approximate surface area is 114 Å². The molecule has 0 aliphatic carbocycles. The van der Waals surface area contributed by atoms with Crippen molar-refractivity contribution in [1.29, 1.82) is 0 Å². The maximum atomic E-state index is 11.9. The summed E-state index contributed by atoms with van der Waals surface area (Å²) in [7, 11) is 2.87. The van der Waals surface area contributed by atoms with Crippen LogP contribution in [0.1, 0.15) is 32.3 Å². The second-order valence-electron chi connectivity index (χ2n) is 4.97. The summed E-state index contributed by atoms with van der Waals surface area (Å²) in [6.07, 6.45) is 0. The largest absolute Gasteiger partial charge is 0.497 e. The Morgan fingerprint density at radius 3 is 2.37 bits per heavy atom. The fraction of sp³-hybridized carbons (Fsp3) is 0.533. The number of aliphatic hydroxyl groups is 1. The van der Waals surface area contributed by atoms with Crippen molar-refractivity contribution in [1.82, 2.24) is 0 Å². The van der Waals surface area contributed by atoms with Gasteiger partial charge in [0.25, 0.3) is 0 Å². The first kappa shape index (κ1) is 15.5.